The molecule has 0 aromatic rings. The second-order valence-electron chi connectivity index (χ2n) is 2.92. The third-order valence-corrected chi connectivity index (χ3v) is 1.67. The molecule has 0 saturated carbocycles. The molecular weight excluding hydrogens is 144 g/mol. The van der Waals surface area contributed by atoms with E-state index >= 15 is 0 Å². The van der Waals surface area contributed by atoms with E-state index in [2.05, 4.69) is 44.6 Å². The van der Waals surface area contributed by atoms with Crippen LogP contribution in [0.3, 0.4) is 0 Å². The fraction of sp³-hybridized carbons (Fsp3) is 0.583. The molecule has 0 heterocycles. The lowest BCUT2D eigenvalue weighted by atomic mass is 10.2. The molecule has 0 aromatic heterocycles. The first kappa shape index (κ1) is 11.5. The smallest absolute Gasteiger partial charge is 0.0133 e. The molecule has 0 heteroatoms. The summed E-state index contributed by atoms with van der Waals surface area (Å²) in [6.45, 7) is 4.38. The van der Waals surface area contributed by atoms with Gasteiger partial charge in [-0.2, -0.15) is 0 Å². The summed E-state index contributed by atoms with van der Waals surface area (Å²) in [5, 5.41) is 0. The van der Waals surface area contributed by atoms with Crippen molar-refractivity contribution in [3.63, 3.8) is 0 Å². The summed E-state index contributed by atoms with van der Waals surface area (Å²) in [6, 6.07) is 0. The number of rotatable bonds is 7. The van der Waals surface area contributed by atoms with Crippen molar-refractivity contribution in [2.75, 3.05) is 0 Å². The lowest BCUT2D eigenvalue weighted by molar-refractivity contribution is 0.814. The first-order valence-corrected chi connectivity index (χ1v) is 5.05. The molecule has 69 valence electrons. The van der Waals surface area contributed by atoms with E-state index in [0.717, 1.165) is 12.8 Å². The van der Waals surface area contributed by atoms with Gasteiger partial charge in [0.25, 0.3) is 0 Å². The molecule has 0 atom stereocenters. The van der Waals surface area contributed by atoms with E-state index in [1.807, 2.05) is 0 Å². The molecule has 0 fully saturated rings. The normalized spacial score (nSPS) is 11.8. The average molecular weight is 165 g/mol. The van der Waals surface area contributed by atoms with Crippen molar-refractivity contribution in [3.8, 4) is 0 Å². The van der Waals surface area contributed by atoms with Crippen LogP contribution in [-0.4, -0.2) is 0 Å². The first-order chi connectivity index (χ1) is 5.91. The number of unbranched alkanes of at least 4 members (excludes halogenated alkanes) is 3. The molecule has 0 saturated heterocycles. The summed E-state index contributed by atoms with van der Waals surface area (Å²) < 4.78 is 0. The maximum atomic E-state index is 2.25. The van der Waals surface area contributed by atoms with Gasteiger partial charge in [-0.15, -0.1) is 0 Å². The van der Waals surface area contributed by atoms with Crippen LogP contribution in [0.2, 0.25) is 0 Å². The molecule has 0 bridgehead atoms. The predicted molar refractivity (Wildman–Crippen MR) is 57.0 cm³/mol. The lowest BCUT2D eigenvalue weighted by Crippen LogP contribution is -1.69. The third kappa shape index (κ3) is 9.48. The fourth-order valence-electron chi connectivity index (χ4n) is 0.934. The molecule has 0 N–H and O–H groups in total. The maximum Gasteiger partial charge on any atom is -0.0133 e. The second kappa shape index (κ2) is 10.5. The monoisotopic (exact) mass is 165 g/mol. The zero-order chi connectivity index (χ0) is 9.07. The van der Waals surface area contributed by atoms with Gasteiger partial charge in [-0.1, -0.05) is 51.0 Å². The van der Waals surface area contributed by atoms with Gasteiger partial charge in [0.15, 0.2) is 0 Å². The van der Waals surface area contributed by atoms with E-state index in [9.17, 15) is 0 Å². The molecular formula is C12H21. The van der Waals surface area contributed by atoms with E-state index < -0.39 is 0 Å². The Bertz CT molecular complexity index is 120. The van der Waals surface area contributed by atoms with Crippen molar-refractivity contribution in [1.82, 2.24) is 0 Å². The Morgan fingerprint density at radius 2 is 1.83 bits per heavy atom. The minimum absolute atomic E-state index is 1.08. The molecule has 0 amide bonds. The van der Waals surface area contributed by atoms with Crippen LogP contribution in [0.4, 0.5) is 0 Å². The highest BCUT2D eigenvalue weighted by molar-refractivity contribution is 4.99. The predicted octanol–water partition coefficient (Wildman–Crippen LogP) is 4.29. The van der Waals surface area contributed by atoms with Crippen molar-refractivity contribution in [3.05, 3.63) is 30.7 Å². The van der Waals surface area contributed by atoms with E-state index in [4.69, 9.17) is 0 Å². The average Bonchev–Trinajstić information content (AvgIpc) is 2.10. The molecule has 1 radical (unpaired) electrons. The number of hydrogen-bond donors (Lipinski definition) is 0. The summed E-state index contributed by atoms with van der Waals surface area (Å²) in [5.74, 6) is 0. The number of hydrogen-bond acceptors (Lipinski definition) is 0. The molecule has 0 nitrogen and oxygen atoms in total. The Morgan fingerprint density at radius 3 is 2.50 bits per heavy atom. The third-order valence-electron chi connectivity index (χ3n) is 1.67. The van der Waals surface area contributed by atoms with Crippen molar-refractivity contribution in [2.45, 2.75) is 46.0 Å². The van der Waals surface area contributed by atoms with Crippen LogP contribution >= 0.6 is 0 Å². The highest BCUT2D eigenvalue weighted by atomic mass is 13.8. The van der Waals surface area contributed by atoms with Gasteiger partial charge in [0.1, 0.15) is 0 Å². The van der Waals surface area contributed by atoms with E-state index in [0.29, 0.717) is 0 Å². The van der Waals surface area contributed by atoms with Crippen LogP contribution in [0.15, 0.2) is 24.3 Å². The van der Waals surface area contributed by atoms with Crippen LogP contribution in [0.5, 0.6) is 0 Å². The SMILES string of the molecule is CC/C=C/C[CH]/C=C\CCCC. The van der Waals surface area contributed by atoms with Crippen LogP contribution < -0.4 is 0 Å². The molecule has 0 unspecified atom stereocenters. The Labute approximate surface area is 77.4 Å². The van der Waals surface area contributed by atoms with E-state index in [-0.39, 0.29) is 0 Å². The fourth-order valence-corrected chi connectivity index (χ4v) is 0.934. The first-order valence-electron chi connectivity index (χ1n) is 5.05. The van der Waals surface area contributed by atoms with Crippen LogP contribution in [-0.2, 0) is 0 Å². The Hall–Kier alpha value is -0.520. The Balaban J connectivity index is 3.07. The highest BCUT2D eigenvalue weighted by Gasteiger charge is 1.78. The van der Waals surface area contributed by atoms with Crippen LogP contribution in [0.1, 0.15) is 46.0 Å². The molecule has 0 aromatic carbocycles. The zero-order valence-electron chi connectivity index (χ0n) is 8.42. The van der Waals surface area contributed by atoms with Gasteiger partial charge in [-0.3, -0.25) is 0 Å². The number of allylic oxidation sites excluding steroid dienone is 4. The maximum absolute atomic E-state index is 2.25. The molecule has 0 spiro atoms. The lowest BCUT2D eigenvalue weighted by Gasteiger charge is -1.88. The van der Waals surface area contributed by atoms with Gasteiger partial charge in [0, 0.05) is 0 Å². The van der Waals surface area contributed by atoms with Crippen molar-refractivity contribution in [1.29, 1.82) is 0 Å². The van der Waals surface area contributed by atoms with E-state index in [1.165, 1.54) is 19.3 Å². The summed E-state index contributed by atoms with van der Waals surface area (Å²) in [4.78, 5) is 0. The molecule has 0 aliphatic heterocycles. The van der Waals surface area contributed by atoms with Crippen LogP contribution in [0.25, 0.3) is 0 Å². The Kier molecular flexibility index (Phi) is 10.0. The van der Waals surface area contributed by atoms with Gasteiger partial charge < -0.3 is 0 Å². The van der Waals surface area contributed by atoms with Crippen molar-refractivity contribution < 1.29 is 0 Å². The van der Waals surface area contributed by atoms with Gasteiger partial charge in [0.05, 0.1) is 0 Å². The Morgan fingerprint density at radius 1 is 1.00 bits per heavy atom. The van der Waals surface area contributed by atoms with Gasteiger partial charge in [-0.05, 0) is 25.7 Å². The standard InChI is InChI=1S/C12H21/c1-3-5-7-9-11-12-10-8-6-4-2/h5,7,10-12H,3-4,6,8-9H2,1-2H3/b7-5+,12-10-. The van der Waals surface area contributed by atoms with Crippen LogP contribution in [0, 0.1) is 6.42 Å². The highest BCUT2D eigenvalue weighted by Crippen LogP contribution is 1.98. The van der Waals surface area contributed by atoms with Gasteiger partial charge in [-0.25, -0.2) is 0 Å². The van der Waals surface area contributed by atoms with Crippen molar-refractivity contribution >= 4 is 0 Å². The van der Waals surface area contributed by atoms with Gasteiger partial charge >= 0.3 is 0 Å². The summed E-state index contributed by atoms with van der Waals surface area (Å²) in [6.07, 6.45) is 17.1. The van der Waals surface area contributed by atoms with Gasteiger partial charge in [0.2, 0.25) is 0 Å². The molecule has 12 heavy (non-hydrogen) atoms. The molecule has 0 aliphatic carbocycles. The van der Waals surface area contributed by atoms with Crippen molar-refractivity contribution in [2.24, 2.45) is 0 Å². The quantitative estimate of drug-likeness (QED) is 0.390. The summed E-state index contributed by atoms with van der Waals surface area (Å²) in [7, 11) is 0. The second-order valence-corrected chi connectivity index (χ2v) is 2.92. The minimum atomic E-state index is 1.08. The molecule has 0 rings (SSSR count). The topological polar surface area (TPSA) is 0 Å². The minimum Gasteiger partial charge on any atom is -0.0888 e. The summed E-state index contributed by atoms with van der Waals surface area (Å²) >= 11 is 0. The molecule has 0 aliphatic rings. The van der Waals surface area contributed by atoms with E-state index in [1.54, 1.807) is 0 Å². The largest absolute Gasteiger partial charge is 0.0888 e. The zero-order valence-corrected chi connectivity index (χ0v) is 8.42. The summed E-state index contributed by atoms with van der Waals surface area (Å²) in [5.41, 5.74) is 0.